The van der Waals surface area contributed by atoms with E-state index in [0.717, 1.165) is 25.2 Å². The lowest BCUT2D eigenvalue weighted by Crippen LogP contribution is -2.36. The van der Waals surface area contributed by atoms with Crippen molar-refractivity contribution in [3.05, 3.63) is 35.4 Å². The summed E-state index contributed by atoms with van der Waals surface area (Å²) in [6, 6.07) is 8.60. The molecular weight excluding hydrogens is 220 g/mol. The number of rotatable bonds is 4. The van der Waals surface area contributed by atoms with E-state index in [4.69, 9.17) is 0 Å². The molecule has 0 aliphatic heterocycles. The van der Waals surface area contributed by atoms with E-state index in [9.17, 15) is 5.11 Å². The molecule has 0 unspecified atom stereocenters. The van der Waals surface area contributed by atoms with Gasteiger partial charge < -0.3 is 5.11 Å². The Morgan fingerprint density at radius 2 is 1.78 bits per heavy atom. The van der Waals surface area contributed by atoms with Crippen LogP contribution in [0.3, 0.4) is 0 Å². The van der Waals surface area contributed by atoms with Gasteiger partial charge in [-0.3, -0.25) is 0 Å². The van der Waals surface area contributed by atoms with Crippen molar-refractivity contribution in [2.45, 2.75) is 64.4 Å². The quantitative estimate of drug-likeness (QED) is 0.841. The van der Waals surface area contributed by atoms with E-state index in [2.05, 4.69) is 38.1 Å². The predicted molar refractivity (Wildman–Crippen MR) is 76.7 cm³/mol. The minimum atomic E-state index is -0.445. The summed E-state index contributed by atoms with van der Waals surface area (Å²) >= 11 is 0. The Labute approximate surface area is 111 Å². The van der Waals surface area contributed by atoms with Gasteiger partial charge in [0.05, 0.1) is 5.60 Å². The zero-order valence-electron chi connectivity index (χ0n) is 11.8. The second kappa shape index (κ2) is 5.88. The van der Waals surface area contributed by atoms with Gasteiger partial charge in [-0.2, -0.15) is 0 Å². The smallest absolute Gasteiger partial charge is 0.0688 e. The van der Waals surface area contributed by atoms with Crippen molar-refractivity contribution in [1.82, 2.24) is 0 Å². The van der Waals surface area contributed by atoms with E-state index >= 15 is 0 Å². The van der Waals surface area contributed by atoms with Crippen molar-refractivity contribution in [3.63, 3.8) is 0 Å². The van der Waals surface area contributed by atoms with Crippen LogP contribution in [0.1, 0.15) is 56.6 Å². The number of benzene rings is 1. The molecule has 0 heterocycles. The van der Waals surface area contributed by atoms with Crippen LogP contribution in [0.4, 0.5) is 0 Å². The summed E-state index contributed by atoms with van der Waals surface area (Å²) in [6.07, 6.45) is 7.80. The van der Waals surface area contributed by atoms with E-state index in [1.807, 2.05) is 0 Å². The molecule has 18 heavy (non-hydrogen) atoms. The Kier molecular flexibility index (Phi) is 4.45. The largest absolute Gasteiger partial charge is 0.390 e. The van der Waals surface area contributed by atoms with E-state index in [0.29, 0.717) is 0 Å². The molecule has 1 saturated carbocycles. The molecule has 0 radical (unpaired) electrons. The second-order valence-corrected chi connectivity index (χ2v) is 6.12. The zero-order chi connectivity index (χ0) is 13.0. The fourth-order valence-electron chi connectivity index (χ4n) is 3.17. The van der Waals surface area contributed by atoms with Crippen LogP contribution in [0.15, 0.2) is 24.3 Å². The van der Waals surface area contributed by atoms with Crippen molar-refractivity contribution < 1.29 is 5.11 Å². The number of aryl methyl sites for hydroxylation is 1. The third-order valence-electron chi connectivity index (χ3n) is 4.39. The highest BCUT2D eigenvalue weighted by atomic mass is 16.3. The maximum Gasteiger partial charge on any atom is 0.0688 e. The minimum absolute atomic E-state index is 0.445. The standard InChI is InChI=1S/C17H26O/c1-3-4-15-9-11-17(18,12-10-15)13-16-7-5-14(2)6-8-16/h5-8,15,18H,3-4,9-13H2,1-2H3. The number of hydrogen-bond acceptors (Lipinski definition) is 1. The summed E-state index contributed by atoms with van der Waals surface area (Å²) in [6.45, 7) is 4.36. The molecule has 1 aliphatic carbocycles. The molecule has 2 rings (SSSR count). The maximum absolute atomic E-state index is 10.7. The van der Waals surface area contributed by atoms with Gasteiger partial charge in [0.2, 0.25) is 0 Å². The normalized spacial score (nSPS) is 28.3. The highest BCUT2D eigenvalue weighted by molar-refractivity contribution is 5.22. The molecule has 1 aromatic rings. The summed E-state index contributed by atoms with van der Waals surface area (Å²) in [5, 5.41) is 10.7. The van der Waals surface area contributed by atoms with Crippen molar-refractivity contribution in [3.8, 4) is 0 Å². The van der Waals surface area contributed by atoms with Gasteiger partial charge in [-0.1, -0.05) is 49.6 Å². The molecule has 1 nitrogen and oxygen atoms in total. The number of aliphatic hydroxyl groups is 1. The van der Waals surface area contributed by atoms with Gasteiger partial charge in [0.25, 0.3) is 0 Å². The summed E-state index contributed by atoms with van der Waals surface area (Å²) in [5.74, 6) is 0.855. The summed E-state index contributed by atoms with van der Waals surface area (Å²) in [4.78, 5) is 0. The molecule has 1 aromatic carbocycles. The van der Waals surface area contributed by atoms with Gasteiger partial charge in [0.15, 0.2) is 0 Å². The van der Waals surface area contributed by atoms with Crippen LogP contribution >= 0.6 is 0 Å². The van der Waals surface area contributed by atoms with Crippen LogP contribution in [-0.4, -0.2) is 10.7 Å². The van der Waals surface area contributed by atoms with Crippen LogP contribution in [0.5, 0.6) is 0 Å². The SMILES string of the molecule is CCCC1CCC(O)(Cc2ccc(C)cc2)CC1. The van der Waals surface area contributed by atoms with Crippen LogP contribution in [0.2, 0.25) is 0 Å². The highest BCUT2D eigenvalue weighted by Gasteiger charge is 2.32. The predicted octanol–water partition coefficient (Wildman–Crippen LogP) is 4.26. The van der Waals surface area contributed by atoms with Crippen LogP contribution in [0.25, 0.3) is 0 Å². The number of hydrogen-bond donors (Lipinski definition) is 1. The molecule has 0 atom stereocenters. The lowest BCUT2D eigenvalue weighted by atomic mass is 9.74. The molecule has 1 heteroatoms. The molecule has 1 aliphatic rings. The first-order valence-corrected chi connectivity index (χ1v) is 7.39. The van der Waals surface area contributed by atoms with Gasteiger partial charge in [-0.05, 0) is 44.1 Å². The topological polar surface area (TPSA) is 20.2 Å². The molecule has 0 amide bonds. The average molecular weight is 246 g/mol. The maximum atomic E-state index is 10.7. The first kappa shape index (κ1) is 13.6. The monoisotopic (exact) mass is 246 g/mol. The molecular formula is C17H26O. The molecule has 0 bridgehead atoms. The van der Waals surface area contributed by atoms with Crippen molar-refractivity contribution in [1.29, 1.82) is 0 Å². The molecule has 0 aromatic heterocycles. The third-order valence-corrected chi connectivity index (χ3v) is 4.39. The van der Waals surface area contributed by atoms with E-state index in [-0.39, 0.29) is 0 Å². The van der Waals surface area contributed by atoms with Crippen LogP contribution in [-0.2, 0) is 6.42 Å². The van der Waals surface area contributed by atoms with Crippen molar-refractivity contribution >= 4 is 0 Å². The fourth-order valence-corrected chi connectivity index (χ4v) is 3.17. The third kappa shape index (κ3) is 3.58. The van der Waals surface area contributed by atoms with E-state index < -0.39 is 5.60 Å². The fraction of sp³-hybridized carbons (Fsp3) is 0.647. The lowest BCUT2D eigenvalue weighted by molar-refractivity contribution is -0.00987. The van der Waals surface area contributed by atoms with Crippen LogP contribution < -0.4 is 0 Å². The van der Waals surface area contributed by atoms with Crippen molar-refractivity contribution in [2.24, 2.45) is 5.92 Å². The Bertz CT molecular complexity index is 358. The average Bonchev–Trinajstić information content (AvgIpc) is 2.36. The minimum Gasteiger partial charge on any atom is -0.390 e. The molecule has 0 saturated heterocycles. The van der Waals surface area contributed by atoms with Crippen molar-refractivity contribution in [2.75, 3.05) is 0 Å². The van der Waals surface area contributed by atoms with Gasteiger partial charge in [0, 0.05) is 6.42 Å². The van der Waals surface area contributed by atoms with Crippen LogP contribution in [0, 0.1) is 12.8 Å². The lowest BCUT2D eigenvalue weighted by Gasteiger charge is -2.36. The summed E-state index contributed by atoms with van der Waals surface area (Å²) in [7, 11) is 0. The Balaban J connectivity index is 1.91. The Morgan fingerprint density at radius 3 is 2.33 bits per heavy atom. The molecule has 1 N–H and O–H groups in total. The van der Waals surface area contributed by atoms with Gasteiger partial charge in [0.1, 0.15) is 0 Å². The summed E-state index contributed by atoms with van der Waals surface area (Å²) < 4.78 is 0. The first-order valence-electron chi connectivity index (χ1n) is 7.39. The first-order chi connectivity index (χ1) is 8.61. The zero-order valence-corrected chi connectivity index (χ0v) is 11.8. The Hall–Kier alpha value is -0.820. The van der Waals surface area contributed by atoms with E-state index in [1.54, 1.807) is 0 Å². The van der Waals surface area contributed by atoms with Gasteiger partial charge in [-0.15, -0.1) is 0 Å². The highest BCUT2D eigenvalue weighted by Crippen LogP contribution is 2.36. The van der Waals surface area contributed by atoms with Gasteiger partial charge in [-0.25, -0.2) is 0 Å². The Morgan fingerprint density at radius 1 is 1.17 bits per heavy atom. The molecule has 0 spiro atoms. The summed E-state index contributed by atoms with van der Waals surface area (Å²) in [5.41, 5.74) is 2.12. The van der Waals surface area contributed by atoms with Gasteiger partial charge >= 0.3 is 0 Å². The molecule has 100 valence electrons. The molecule has 1 fully saturated rings. The van der Waals surface area contributed by atoms with E-state index in [1.165, 1.54) is 36.8 Å². The second-order valence-electron chi connectivity index (χ2n) is 6.12.